The summed E-state index contributed by atoms with van der Waals surface area (Å²) in [5.41, 5.74) is 7.38. The van der Waals surface area contributed by atoms with Gasteiger partial charge >= 0.3 is 0 Å². The van der Waals surface area contributed by atoms with E-state index in [2.05, 4.69) is 0 Å². The molecule has 0 radical (unpaired) electrons. The number of benzene rings is 1. The van der Waals surface area contributed by atoms with Crippen molar-refractivity contribution in [3.63, 3.8) is 0 Å². The summed E-state index contributed by atoms with van der Waals surface area (Å²) in [7, 11) is 0. The third-order valence-corrected chi connectivity index (χ3v) is 2.54. The van der Waals surface area contributed by atoms with Gasteiger partial charge in [0.15, 0.2) is 0 Å². The van der Waals surface area contributed by atoms with Crippen LogP contribution in [0, 0.1) is 24.0 Å². The minimum atomic E-state index is -0.793. The molecule has 1 aromatic rings. The van der Waals surface area contributed by atoms with Crippen molar-refractivity contribution in [1.29, 1.82) is 0 Å². The van der Waals surface area contributed by atoms with E-state index in [0.717, 1.165) is 0 Å². The fraction of sp³-hybridized carbons (Fsp3) is 0.455. The Hall–Kier alpha value is -1.46. The average Bonchev–Trinajstić information content (AvgIpc) is 2.14. The summed E-state index contributed by atoms with van der Waals surface area (Å²) in [6.07, 6.45) is -0.793. The van der Waals surface area contributed by atoms with E-state index < -0.39 is 17.1 Å². The molecule has 5 heteroatoms. The van der Waals surface area contributed by atoms with Gasteiger partial charge in [-0.1, -0.05) is 0 Å². The van der Waals surface area contributed by atoms with Crippen LogP contribution in [-0.4, -0.2) is 16.1 Å². The number of nitrogens with two attached hydrogens (primary N) is 1. The number of nitro benzene ring substituents is 1. The molecule has 16 heavy (non-hydrogen) atoms. The molecular weight excluding hydrogens is 208 g/mol. The minimum Gasteiger partial charge on any atom is -0.387 e. The molecule has 0 heterocycles. The highest BCUT2D eigenvalue weighted by Gasteiger charge is 2.19. The largest absolute Gasteiger partial charge is 0.387 e. The second kappa shape index (κ2) is 4.59. The lowest BCUT2D eigenvalue weighted by atomic mass is 9.98. The van der Waals surface area contributed by atoms with Crippen LogP contribution in [0.2, 0.25) is 0 Å². The lowest BCUT2D eigenvalue weighted by Crippen LogP contribution is -2.24. The second-order valence-electron chi connectivity index (χ2n) is 4.06. The van der Waals surface area contributed by atoms with E-state index in [9.17, 15) is 15.2 Å². The van der Waals surface area contributed by atoms with Crippen molar-refractivity contribution >= 4 is 5.69 Å². The molecule has 0 aliphatic carbocycles. The number of hydrogen-bond donors (Lipinski definition) is 2. The molecule has 0 aliphatic heterocycles. The normalized spacial score (nSPS) is 14.6. The number of aryl methyl sites for hydroxylation is 2. The van der Waals surface area contributed by atoms with Gasteiger partial charge in [0, 0.05) is 17.2 Å². The van der Waals surface area contributed by atoms with Crippen molar-refractivity contribution in [2.75, 3.05) is 0 Å². The van der Waals surface area contributed by atoms with Gasteiger partial charge in [-0.2, -0.15) is 0 Å². The van der Waals surface area contributed by atoms with Crippen LogP contribution in [0.15, 0.2) is 12.1 Å². The number of nitro groups is 1. The average molecular weight is 224 g/mol. The number of rotatable bonds is 3. The van der Waals surface area contributed by atoms with Gasteiger partial charge in [0.2, 0.25) is 0 Å². The number of aliphatic hydroxyl groups is 1. The Morgan fingerprint density at radius 1 is 1.38 bits per heavy atom. The second-order valence-corrected chi connectivity index (χ2v) is 4.06. The Bertz CT molecular complexity index is 393. The summed E-state index contributed by atoms with van der Waals surface area (Å²) in [5.74, 6) is 0. The van der Waals surface area contributed by atoms with E-state index in [1.165, 1.54) is 0 Å². The Labute approximate surface area is 94.0 Å². The third-order valence-electron chi connectivity index (χ3n) is 2.54. The monoisotopic (exact) mass is 224 g/mol. The molecule has 3 N–H and O–H groups in total. The van der Waals surface area contributed by atoms with Crippen LogP contribution < -0.4 is 5.73 Å². The Morgan fingerprint density at radius 2 is 1.81 bits per heavy atom. The molecule has 0 saturated heterocycles. The van der Waals surface area contributed by atoms with Crippen LogP contribution in [0.25, 0.3) is 0 Å². The predicted molar refractivity (Wildman–Crippen MR) is 61.2 cm³/mol. The van der Waals surface area contributed by atoms with E-state index in [1.807, 2.05) is 0 Å². The van der Waals surface area contributed by atoms with Crippen LogP contribution >= 0.6 is 0 Å². The molecule has 88 valence electrons. The lowest BCUT2D eigenvalue weighted by molar-refractivity contribution is -0.386. The summed E-state index contributed by atoms with van der Waals surface area (Å²) in [6, 6.07) is 2.82. The van der Waals surface area contributed by atoms with Gasteiger partial charge in [-0.3, -0.25) is 10.1 Å². The van der Waals surface area contributed by atoms with Crippen LogP contribution in [0.5, 0.6) is 0 Å². The molecular formula is C11H16N2O3. The number of aliphatic hydroxyl groups excluding tert-OH is 1. The molecule has 2 unspecified atom stereocenters. The van der Waals surface area contributed by atoms with Crippen LogP contribution in [0.1, 0.15) is 29.7 Å². The molecule has 5 nitrogen and oxygen atoms in total. The minimum absolute atomic E-state index is 0.0978. The van der Waals surface area contributed by atoms with Crippen molar-refractivity contribution < 1.29 is 10.0 Å². The maximum Gasteiger partial charge on any atom is 0.275 e. The van der Waals surface area contributed by atoms with Crippen LogP contribution in [0.3, 0.4) is 0 Å². The molecule has 0 amide bonds. The van der Waals surface area contributed by atoms with E-state index in [1.54, 1.807) is 32.9 Å². The highest BCUT2D eigenvalue weighted by atomic mass is 16.6. The molecule has 1 rings (SSSR count). The van der Waals surface area contributed by atoms with Crippen molar-refractivity contribution in [3.05, 3.63) is 38.9 Å². The summed E-state index contributed by atoms with van der Waals surface area (Å²) in [4.78, 5) is 10.4. The first-order valence-corrected chi connectivity index (χ1v) is 5.03. The van der Waals surface area contributed by atoms with Gasteiger partial charge in [0.05, 0.1) is 11.0 Å². The first-order chi connectivity index (χ1) is 7.34. The number of nitrogens with zero attached hydrogens (tertiary/aromatic N) is 1. The van der Waals surface area contributed by atoms with Crippen molar-refractivity contribution in [3.8, 4) is 0 Å². The van der Waals surface area contributed by atoms with Gasteiger partial charge in [-0.05, 0) is 38.5 Å². The molecule has 1 aromatic carbocycles. The molecule has 0 aromatic heterocycles. The quantitative estimate of drug-likeness (QED) is 0.602. The Morgan fingerprint density at radius 3 is 2.12 bits per heavy atom. The topological polar surface area (TPSA) is 89.4 Å². The SMILES string of the molecule is Cc1cc(C(O)C(C)N)cc(C)c1[N+](=O)[O-]. The van der Waals surface area contributed by atoms with Crippen molar-refractivity contribution in [2.24, 2.45) is 5.73 Å². The summed E-state index contributed by atoms with van der Waals surface area (Å²) >= 11 is 0. The molecule has 0 fully saturated rings. The summed E-state index contributed by atoms with van der Waals surface area (Å²) < 4.78 is 0. The Kier molecular flexibility index (Phi) is 3.62. The van der Waals surface area contributed by atoms with E-state index in [4.69, 9.17) is 5.73 Å². The predicted octanol–water partition coefficient (Wildman–Crippen LogP) is 1.59. The fourth-order valence-corrected chi connectivity index (χ4v) is 1.75. The summed E-state index contributed by atoms with van der Waals surface area (Å²) in [5, 5.41) is 20.6. The van der Waals surface area contributed by atoms with Gasteiger partial charge in [0.1, 0.15) is 0 Å². The van der Waals surface area contributed by atoms with E-state index in [-0.39, 0.29) is 5.69 Å². The summed E-state index contributed by atoms with van der Waals surface area (Å²) in [6.45, 7) is 5.00. The zero-order chi connectivity index (χ0) is 12.5. The van der Waals surface area contributed by atoms with Gasteiger partial charge in [0.25, 0.3) is 5.69 Å². The molecule has 0 spiro atoms. The van der Waals surface area contributed by atoms with Crippen molar-refractivity contribution in [1.82, 2.24) is 0 Å². The first-order valence-electron chi connectivity index (χ1n) is 5.03. The highest BCUT2D eigenvalue weighted by molar-refractivity contribution is 5.49. The Balaban J connectivity index is 3.25. The first kappa shape index (κ1) is 12.6. The lowest BCUT2D eigenvalue weighted by Gasteiger charge is -2.16. The van der Waals surface area contributed by atoms with Gasteiger partial charge < -0.3 is 10.8 Å². The smallest absolute Gasteiger partial charge is 0.275 e. The standard InChI is InChI=1S/C11H16N2O3/c1-6-4-9(11(14)8(3)12)5-7(2)10(6)13(15)16/h4-5,8,11,14H,12H2,1-3H3. The number of hydrogen-bond acceptors (Lipinski definition) is 4. The third kappa shape index (κ3) is 2.37. The maximum atomic E-state index is 10.8. The van der Waals surface area contributed by atoms with E-state index >= 15 is 0 Å². The molecule has 0 saturated carbocycles. The van der Waals surface area contributed by atoms with Crippen LogP contribution in [-0.2, 0) is 0 Å². The van der Waals surface area contributed by atoms with Gasteiger partial charge in [-0.25, -0.2) is 0 Å². The van der Waals surface area contributed by atoms with Gasteiger partial charge in [-0.15, -0.1) is 0 Å². The fourth-order valence-electron chi connectivity index (χ4n) is 1.75. The maximum absolute atomic E-state index is 10.8. The zero-order valence-electron chi connectivity index (χ0n) is 9.60. The van der Waals surface area contributed by atoms with Crippen LogP contribution in [0.4, 0.5) is 5.69 Å². The molecule has 0 bridgehead atoms. The zero-order valence-corrected chi connectivity index (χ0v) is 9.60. The molecule has 0 aliphatic rings. The highest BCUT2D eigenvalue weighted by Crippen LogP contribution is 2.27. The molecule has 2 atom stereocenters. The van der Waals surface area contributed by atoms with Crippen molar-refractivity contribution in [2.45, 2.75) is 32.9 Å². The van der Waals surface area contributed by atoms with E-state index in [0.29, 0.717) is 16.7 Å².